The van der Waals surface area contributed by atoms with Crippen molar-refractivity contribution in [2.75, 3.05) is 26.0 Å². The third kappa shape index (κ3) is 5.17. The van der Waals surface area contributed by atoms with E-state index in [9.17, 15) is 39.6 Å². The van der Waals surface area contributed by atoms with Gasteiger partial charge in [-0.1, -0.05) is 48.5 Å². The van der Waals surface area contributed by atoms with E-state index < -0.39 is 64.1 Å². The number of rotatable bonds is 5. The number of likely N-dealkylation sites (N-methyl/N-ethyl adjacent to an activating group) is 1. The average Bonchev–Trinajstić information content (AvgIpc) is 3.40. The number of fused-ring (bicyclic) bond motifs is 6. The minimum absolute atomic E-state index is 0.0266. The number of nitrogens with two attached hydrogens (primary N) is 1. The first-order valence-corrected chi connectivity index (χ1v) is 16.6. The molecule has 0 radical (unpaired) electrons. The second-order valence-corrected chi connectivity index (χ2v) is 13.8. The number of anilines is 1. The molecule has 0 heterocycles. The summed E-state index contributed by atoms with van der Waals surface area (Å²) < 4.78 is 5.60. The monoisotopic (exact) mass is 710 g/mol. The van der Waals surface area contributed by atoms with Crippen molar-refractivity contribution < 1.29 is 44.3 Å². The maximum atomic E-state index is 14.1. The lowest BCUT2D eigenvalue weighted by atomic mass is 9.57. The SMILES string of the molecule is CN(C)C1C(=O)C(C(N)=O)=C(O)C2(O)C(=O)C3=C(O)c4c(O)ccc(NC(=S)NC(=O)OCC5c6ccccc6-c6ccccc65)c4CC3CC12. The van der Waals surface area contributed by atoms with Gasteiger partial charge in [-0.05, 0) is 85.0 Å². The predicted octanol–water partition coefficient (Wildman–Crippen LogP) is 3.20. The number of hydrogen-bond acceptors (Lipinski definition) is 11. The van der Waals surface area contributed by atoms with E-state index in [-0.39, 0.29) is 47.4 Å². The zero-order valence-electron chi connectivity index (χ0n) is 27.5. The van der Waals surface area contributed by atoms with E-state index in [0.29, 0.717) is 11.3 Å². The van der Waals surface area contributed by atoms with Crippen LogP contribution in [-0.2, 0) is 25.5 Å². The number of thiocarbonyl (C=S) groups is 1. The van der Waals surface area contributed by atoms with Gasteiger partial charge in [0, 0.05) is 23.1 Å². The number of alkyl carbamates (subject to hydrolysis) is 1. The molecular weight excluding hydrogens is 676 g/mol. The highest BCUT2D eigenvalue weighted by molar-refractivity contribution is 7.80. The highest BCUT2D eigenvalue weighted by atomic mass is 32.1. The van der Waals surface area contributed by atoms with Gasteiger partial charge in [-0.25, -0.2) is 4.79 Å². The number of phenols is 1. The summed E-state index contributed by atoms with van der Waals surface area (Å²) >= 11 is 5.42. The number of carbonyl (C=O) groups excluding carboxylic acids is 4. The number of ether oxygens (including phenoxy) is 1. The molecule has 0 spiro atoms. The summed E-state index contributed by atoms with van der Waals surface area (Å²) in [6.07, 6.45) is -0.855. The molecule has 0 bridgehead atoms. The fourth-order valence-corrected chi connectivity index (χ4v) is 8.44. The number of ketones is 2. The summed E-state index contributed by atoms with van der Waals surface area (Å²) in [4.78, 5) is 53.9. The Kier molecular flexibility index (Phi) is 8.20. The van der Waals surface area contributed by atoms with Crippen LogP contribution in [0.4, 0.5) is 10.5 Å². The lowest BCUT2D eigenvalue weighted by Gasteiger charge is -2.50. The van der Waals surface area contributed by atoms with Gasteiger partial charge in [-0.3, -0.25) is 24.6 Å². The van der Waals surface area contributed by atoms with Crippen LogP contribution in [0.3, 0.4) is 0 Å². The molecule has 1 saturated carbocycles. The lowest BCUT2D eigenvalue weighted by Crippen LogP contribution is -2.65. The molecular formula is C37H34N4O9S. The molecule has 3 aromatic carbocycles. The van der Waals surface area contributed by atoms with Gasteiger partial charge in [0.15, 0.2) is 16.5 Å². The molecule has 7 rings (SSSR count). The molecule has 4 aliphatic rings. The molecule has 0 aromatic heterocycles. The maximum absolute atomic E-state index is 14.1. The van der Waals surface area contributed by atoms with E-state index >= 15 is 0 Å². The third-order valence-corrected chi connectivity index (χ3v) is 10.6. The molecule has 51 heavy (non-hydrogen) atoms. The fraction of sp³-hybridized carbons (Fsp3) is 0.270. The summed E-state index contributed by atoms with van der Waals surface area (Å²) in [6, 6.07) is 17.4. The van der Waals surface area contributed by atoms with E-state index in [0.717, 1.165) is 22.3 Å². The van der Waals surface area contributed by atoms with Gasteiger partial charge in [-0.15, -0.1) is 0 Å². The Balaban J connectivity index is 1.13. The molecule has 0 saturated heterocycles. The average molecular weight is 711 g/mol. The zero-order chi connectivity index (χ0) is 36.5. The Morgan fingerprint density at radius 2 is 1.63 bits per heavy atom. The van der Waals surface area contributed by atoms with Crippen molar-refractivity contribution in [1.82, 2.24) is 10.2 Å². The molecule has 0 aliphatic heterocycles. The highest BCUT2D eigenvalue weighted by Crippen LogP contribution is 2.53. The van der Waals surface area contributed by atoms with Crippen molar-refractivity contribution in [3.63, 3.8) is 0 Å². The Hall–Kier alpha value is -5.57. The zero-order valence-corrected chi connectivity index (χ0v) is 28.3. The molecule has 4 atom stereocenters. The van der Waals surface area contributed by atoms with E-state index in [1.807, 2.05) is 48.5 Å². The van der Waals surface area contributed by atoms with Crippen molar-refractivity contribution in [2.24, 2.45) is 17.6 Å². The van der Waals surface area contributed by atoms with Crippen LogP contribution in [0.25, 0.3) is 16.9 Å². The fourth-order valence-electron chi connectivity index (χ4n) is 8.24. The number of benzene rings is 3. The van der Waals surface area contributed by atoms with Gasteiger partial charge in [0.1, 0.15) is 29.4 Å². The van der Waals surface area contributed by atoms with E-state index in [2.05, 4.69) is 10.6 Å². The summed E-state index contributed by atoms with van der Waals surface area (Å²) in [7, 11) is 3.05. The minimum atomic E-state index is -2.75. The van der Waals surface area contributed by atoms with E-state index in [4.69, 9.17) is 22.7 Å². The van der Waals surface area contributed by atoms with Crippen LogP contribution in [0.1, 0.15) is 34.6 Å². The summed E-state index contributed by atoms with van der Waals surface area (Å²) in [5.41, 5.74) is 6.24. The van der Waals surface area contributed by atoms with E-state index in [1.165, 1.54) is 31.1 Å². The number of phenolic OH excluding ortho intramolecular Hbond substituents is 1. The first-order valence-electron chi connectivity index (χ1n) is 16.2. The number of Topliss-reactive ketones (excluding diaryl/α,β-unsaturated/α-hetero) is 2. The minimum Gasteiger partial charge on any atom is -0.508 e. The number of aliphatic hydroxyl groups is 3. The molecule has 8 N–H and O–H groups in total. The van der Waals surface area contributed by atoms with Gasteiger partial charge in [0.05, 0.1) is 11.6 Å². The number of nitrogens with zero attached hydrogens (tertiary/aromatic N) is 1. The summed E-state index contributed by atoms with van der Waals surface area (Å²) in [6.45, 7) is 0.0594. The number of nitrogens with one attached hydrogen (secondary N) is 2. The van der Waals surface area contributed by atoms with Gasteiger partial charge < -0.3 is 36.2 Å². The quantitative estimate of drug-likeness (QED) is 0.116. The Labute approximate surface area is 297 Å². The molecule has 14 heteroatoms. The van der Waals surface area contributed by atoms with Crippen molar-refractivity contribution >= 4 is 52.3 Å². The van der Waals surface area contributed by atoms with Gasteiger partial charge in [-0.2, -0.15) is 0 Å². The van der Waals surface area contributed by atoms with Crippen LogP contribution in [0.5, 0.6) is 5.75 Å². The maximum Gasteiger partial charge on any atom is 0.413 e. The lowest BCUT2D eigenvalue weighted by molar-refractivity contribution is -0.153. The van der Waals surface area contributed by atoms with E-state index in [1.54, 1.807) is 0 Å². The second kappa shape index (κ2) is 12.3. The molecule has 4 aliphatic carbocycles. The van der Waals surface area contributed by atoms with Crippen molar-refractivity contribution in [1.29, 1.82) is 0 Å². The number of amides is 2. The number of aromatic hydroxyl groups is 1. The van der Waals surface area contributed by atoms with Crippen LogP contribution in [-0.4, -0.2) is 86.4 Å². The third-order valence-electron chi connectivity index (χ3n) is 10.4. The molecule has 3 aromatic rings. The normalized spacial score (nSPS) is 23.6. The van der Waals surface area contributed by atoms with Crippen LogP contribution in [0.2, 0.25) is 0 Å². The highest BCUT2D eigenvalue weighted by Gasteiger charge is 2.64. The van der Waals surface area contributed by atoms with Crippen LogP contribution < -0.4 is 16.4 Å². The van der Waals surface area contributed by atoms with Crippen molar-refractivity contribution in [3.8, 4) is 16.9 Å². The van der Waals surface area contributed by atoms with Crippen molar-refractivity contribution in [2.45, 2.75) is 30.4 Å². The van der Waals surface area contributed by atoms with Crippen LogP contribution in [0.15, 0.2) is 77.6 Å². The number of primary amides is 1. The molecule has 13 nitrogen and oxygen atoms in total. The second-order valence-electron chi connectivity index (χ2n) is 13.4. The first kappa shape index (κ1) is 33.9. The number of hydrogen-bond donors (Lipinski definition) is 7. The standard InChI is InChI=1S/C37H34N4O9S/c1-41(2)29-23-14-16-13-21-24(11-12-25(42)27(21)30(43)26(16)32(45)37(23,49)33(46)28(31(29)44)34(38)47)39-35(51)40-36(48)50-15-22-19-9-5-3-7-17(19)18-8-4-6-10-20(18)22/h3-12,16,22-23,29,42-43,46,49H,13-15H2,1-2H3,(H2,38,47)(H2,39,40,48,51). The summed E-state index contributed by atoms with van der Waals surface area (Å²) in [5.74, 6) is -7.66. The first-order chi connectivity index (χ1) is 24.2. The summed E-state index contributed by atoms with van der Waals surface area (Å²) in [5, 5.41) is 50.4. The molecule has 262 valence electrons. The number of carbonyl (C=O) groups is 4. The van der Waals surface area contributed by atoms with Gasteiger partial charge in [0.25, 0.3) is 5.91 Å². The molecule has 2 amide bonds. The smallest absolute Gasteiger partial charge is 0.413 e. The Morgan fingerprint density at radius 3 is 2.24 bits per heavy atom. The Bertz CT molecular complexity index is 2100. The van der Waals surface area contributed by atoms with Crippen molar-refractivity contribution in [3.05, 3.63) is 99.8 Å². The number of aliphatic hydroxyl groups excluding tert-OH is 2. The predicted molar refractivity (Wildman–Crippen MR) is 189 cm³/mol. The topological polar surface area (TPSA) is 212 Å². The molecule has 1 fully saturated rings. The largest absolute Gasteiger partial charge is 0.508 e. The van der Waals surface area contributed by atoms with Gasteiger partial charge >= 0.3 is 6.09 Å². The van der Waals surface area contributed by atoms with Crippen LogP contribution >= 0.6 is 12.2 Å². The van der Waals surface area contributed by atoms with Gasteiger partial charge in [0.2, 0.25) is 5.78 Å². The molecule has 4 unspecified atom stereocenters. The van der Waals surface area contributed by atoms with Crippen LogP contribution in [0, 0.1) is 11.8 Å². The Morgan fingerprint density at radius 1 is 1.00 bits per heavy atom.